The van der Waals surface area contributed by atoms with E-state index in [1.54, 1.807) is 6.07 Å². The van der Waals surface area contributed by atoms with Gasteiger partial charge in [0.15, 0.2) is 0 Å². The van der Waals surface area contributed by atoms with E-state index in [9.17, 15) is 4.79 Å². The molecule has 0 saturated heterocycles. The minimum atomic E-state index is -0.286. The zero-order valence-corrected chi connectivity index (χ0v) is 9.19. The number of unbranched alkanes of at least 4 members (excludes halogenated alkanes) is 1. The smallest absolute Gasteiger partial charge is 0.308 e. The molecule has 0 bridgehead atoms. The highest BCUT2D eigenvalue weighted by Gasteiger charge is 2.01. The molecular weight excluding hydrogens is 188 g/mol. The third kappa shape index (κ3) is 3.98. The van der Waals surface area contributed by atoms with Gasteiger partial charge in [-0.15, -0.1) is 0 Å². The van der Waals surface area contributed by atoms with Gasteiger partial charge >= 0.3 is 5.97 Å². The quantitative estimate of drug-likeness (QED) is 0.555. The first-order valence-corrected chi connectivity index (χ1v) is 5.18. The molecule has 0 aliphatic heterocycles. The molecule has 0 fully saturated rings. The van der Waals surface area contributed by atoms with Gasteiger partial charge in [-0.25, -0.2) is 0 Å². The van der Waals surface area contributed by atoms with Gasteiger partial charge in [-0.2, -0.15) is 0 Å². The SMILES string of the molecule is CCCC=Cc1ccccc1OC(C)=O. The predicted molar refractivity (Wildman–Crippen MR) is 61.7 cm³/mol. The zero-order valence-electron chi connectivity index (χ0n) is 9.19. The van der Waals surface area contributed by atoms with E-state index < -0.39 is 0 Å². The van der Waals surface area contributed by atoms with Crippen LogP contribution in [0.15, 0.2) is 30.3 Å². The van der Waals surface area contributed by atoms with Crippen LogP contribution in [0.5, 0.6) is 5.75 Å². The molecule has 0 N–H and O–H groups in total. The summed E-state index contributed by atoms with van der Waals surface area (Å²) in [5.41, 5.74) is 0.946. The summed E-state index contributed by atoms with van der Waals surface area (Å²) < 4.78 is 5.09. The van der Waals surface area contributed by atoms with Crippen molar-refractivity contribution in [2.45, 2.75) is 26.7 Å². The minimum Gasteiger partial charge on any atom is -0.426 e. The van der Waals surface area contributed by atoms with Crippen LogP contribution in [0.1, 0.15) is 32.3 Å². The summed E-state index contributed by atoms with van der Waals surface area (Å²) >= 11 is 0. The average molecular weight is 204 g/mol. The molecule has 0 aliphatic carbocycles. The van der Waals surface area contributed by atoms with E-state index in [4.69, 9.17) is 4.74 Å². The Morgan fingerprint density at radius 3 is 2.80 bits per heavy atom. The number of hydrogen-bond acceptors (Lipinski definition) is 2. The molecule has 0 aliphatic rings. The van der Waals surface area contributed by atoms with E-state index in [2.05, 4.69) is 13.0 Å². The van der Waals surface area contributed by atoms with Gasteiger partial charge < -0.3 is 4.74 Å². The lowest BCUT2D eigenvalue weighted by Gasteiger charge is -2.04. The Kier molecular flexibility index (Phi) is 4.61. The van der Waals surface area contributed by atoms with Crippen molar-refractivity contribution < 1.29 is 9.53 Å². The molecule has 0 heterocycles. The number of carbonyl (C=O) groups excluding carboxylic acids is 1. The molecule has 0 unspecified atom stereocenters. The van der Waals surface area contributed by atoms with E-state index in [0.29, 0.717) is 5.75 Å². The second-order valence-electron chi connectivity index (χ2n) is 3.32. The average Bonchev–Trinajstić information content (AvgIpc) is 2.20. The maximum Gasteiger partial charge on any atom is 0.308 e. The highest BCUT2D eigenvalue weighted by atomic mass is 16.5. The summed E-state index contributed by atoms with van der Waals surface area (Å²) in [6.07, 6.45) is 6.23. The van der Waals surface area contributed by atoms with E-state index in [1.807, 2.05) is 24.3 Å². The third-order valence-corrected chi connectivity index (χ3v) is 1.93. The molecular formula is C13H16O2. The molecule has 0 amide bonds. The number of esters is 1. The number of carbonyl (C=O) groups is 1. The molecule has 1 rings (SSSR count). The van der Waals surface area contributed by atoms with Gasteiger partial charge in [0.1, 0.15) is 5.75 Å². The third-order valence-electron chi connectivity index (χ3n) is 1.93. The second-order valence-corrected chi connectivity index (χ2v) is 3.32. The number of benzene rings is 1. The van der Waals surface area contributed by atoms with Crippen molar-refractivity contribution in [3.63, 3.8) is 0 Å². The Morgan fingerprint density at radius 2 is 2.13 bits per heavy atom. The number of ether oxygens (including phenoxy) is 1. The highest BCUT2D eigenvalue weighted by Crippen LogP contribution is 2.19. The molecule has 80 valence electrons. The van der Waals surface area contributed by atoms with Crippen molar-refractivity contribution in [1.82, 2.24) is 0 Å². The van der Waals surface area contributed by atoms with Crippen LogP contribution in [-0.4, -0.2) is 5.97 Å². The fourth-order valence-corrected chi connectivity index (χ4v) is 1.24. The van der Waals surface area contributed by atoms with Gasteiger partial charge in [0, 0.05) is 12.5 Å². The van der Waals surface area contributed by atoms with E-state index in [1.165, 1.54) is 6.92 Å². The second kappa shape index (κ2) is 6.02. The fraction of sp³-hybridized carbons (Fsp3) is 0.308. The first kappa shape index (κ1) is 11.5. The molecule has 0 radical (unpaired) electrons. The van der Waals surface area contributed by atoms with Gasteiger partial charge in [-0.1, -0.05) is 43.7 Å². The zero-order chi connectivity index (χ0) is 11.1. The van der Waals surface area contributed by atoms with Crippen LogP contribution in [0, 0.1) is 0 Å². The maximum atomic E-state index is 10.8. The fourth-order valence-electron chi connectivity index (χ4n) is 1.24. The maximum absolute atomic E-state index is 10.8. The lowest BCUT2D eigenvalue weighted by Crippen LogP contribution is -2.02. The van der Waals surface area contributed by atoms with Gasteiger partial charge in [0.05, 0.1) is 0 Å². The molecule has 0 saturated carbocycles. The Labute approximate surface area is 90.6 Å². The summed E-state index contributed by atoms with van der Waals surface area (Å²) in [5.74, 6) is 0.337. The Bertz CT molecular complexity index is 353. The van der Waals surface area contributed by atoms with Crippen LogP contribution in [0.25, 0.3) is 6.08 Å². The lowest BCUT2D eigenvalue weighted by atomic mass is 10.1. The first-order chi connectivity index (χ1) is 7.24. The van der Waals surface area contributed by atoms with Crippen LogP contribution in [0.4, 0.5) is 0 Å². The molecule has 15 heavy (non-hydrogen) atoms. The largest absolute Gasteiger partial charge is 0.426 e. The number of para-hydroxylation sites is 1. The van der Waals surface area contributed by atoms with Gasteiger partial charge in [-0.05, 0) is 12.5 Å². The molecule has 1 aromatic rings. The van der Waals surface area contributed by atoms with Gasteiger partial charge in [-0.3, -0.25) is 4.79 Å². The summed E-state index contributed by atoms with van der Waals surface area (Å²) in [5, 5.41) is 0. The lowest BCUT2D eigenvalue weighted by molar-refractivity contribution is -0.131. The standard InChI is InChI=1S/C13H16O2/c1-3-4-5-8-12-9-6-7-10-13(12)15-11(2)14/h5-10H,3-4H2,1-2H3. The van der Waals surface area contributed by atoms with Gasteiger partial charge in [0.25, 0.3) is 0 Å². The number of hydrogen-bond donors (Lipinski definition) is 0. The van der Waals surface area contributed by atoms with Crippen LogP contribution in [0.2, 0.25) is 0 Å². The van der Waals surface area contributed by atoms with E-state index >= 15 is 0 Å². The van der Waals surface area contributed by atoms with Crippen molar-refractivity contribution in [3.05, 3.63) is 35.9 Å². The summed E-state index contributed by atoms with van der Waals surface area (Å²) in [6.45, 7) is 3.54. The normalized spacial score (nSPS) is 10.5. The minimum absolute atomic E-state index is 0.286. The van der Waals surface area contributed by atoms with Crippen molar-refractivity contribution in [1.29, 1.82) is 0 Å². The molecule has 1 aromatic carbocycles. The van der Waals surface area contributed by atoms with E-state index in [0.717, 1.165) is 18.4 Å². The highest BCUT2D eigenvalue weighted by molar-refractivity contribution is 5.71. The van der Waals surface area contributed by atoms with Crippen LogP contribution in [0.3, 0.4) is 0 Å². The van der Waals surface area contributed by atoms with Crippen LogP contribution in [-0.2, 0) is 4.79 Å². The number of allylic oxidation sites excluding steroid dienone is 1. The summed E-state index contributed by atoms with van der Waals surface area (Å²) in [7, 11) is 0. The summed E-state index contributed by atoms with van der Waals surface area (Å²) in [6, 6.07) is 7.52. The molecule has 0 spiro atoms. The monoisotopic (exact) mass is 204 g/mol. The van der Waals surface area contributed by atoms with Crippen molar-refractivity contribution in [2.24, 2.45) is 0 Å². The van der Waals surface area contributed by atoms with Gasteiger partial charge in [0.2, 0.25) is 0 Å². The van der Waals surface area contributed by atoms with Crippen LogP contribution < -0.4 is 4.74 Å². The summed E-state index contributed by atoms with van der Waals surface area (Å²) in [4.78, 5) is 10.8. The topological polar surface area (TPSA) is 26.3 Å². The Hall–Kier alpha value is -1.57. The predicted octanol–water partition coefficient (Wildman–Crippen LogP) is 3.43. The Balaban J connectivity index is 2.81. The van der Waals surface area contributed by atoms with Crippen molar-refractivity contribution in [2.75, 3.05) is 0 Å². The number of rotatable bonds is 4. The first-order valence-electron chi connectivity index (χ1n) is 5.18. The molecule has 2 nitrogen and oxygen atoms in total. The van der Waals surface area contributed by atoms with E-state index in [-0.39, 0.29) is 5.97 Å². The molecule has 2 heteroatoms. The Morgan fingerprint density at radius 1 is 1.40 bits per heavy atom. The van der Waals surface area contributed by atoms with Crippen molar-refractivity contribution >= 4 is 12.0 Å². The van der Waals surface area contributed by atoms with Crippen molar-refractivity contribution in [3.8, 4) is 5.75 Å². The molecule has 0 aromatic heterocycles. The molecule has 0 atom stereocenters. The van der Waals surface area contributed by atoms with Crippen LogP contribution >= 0.6 is 0 Å².